The highest BCUT2D eigenvalue weighted by molar-refractivity contribution is 7.99. The van der Waals surface area contributed by atoms with Crippen molar-refractivity contribution in [3.05, 3.63) is 22.2 Å². The molecule has 0 bridgehead atoms. The lowest BCUT2D eigenvalue weighted by Gasteiger charge is -2.19. The van der Waals surface area contributed by atoms with Crippen molar-refractivity contribution in [2.24, 2.45) is 0 Å². The van der Waals surface area contributed by atoms with Crippen molar-refractivity contribution in [3.63, 3.8) is 0 Å². The summed E-state index contributed by atoms with van der Waals surface area (Å²) in [4.78, 5) is 9.08. The van der Waals surface area contributed by atoms with Crippen LogP contribution in [-0.2, 0) is 18.6 Å². The quantitative estimate of drug-likeness (QED) is 0.759. The van der Waals surface area contributed by atoms with E-state index in [-0.39, 0.29) is 4.75 Å². The lowest BCUT2D eigenvalue weighted by atomic mass is 9.97. The molecule has 0 N–H and O–H groups in total. The van der Waals surface area contributed by atoms with Crippen LogP contribution in [0.2, 0.25) is 5.15 Å². The van der Waals surface area contributed by atoms with Gasteiger partial charge in [0, 0.05) is 16.0 Å². The minimum Gasteiger partial charge on any atom is -0.237 e. The normalized spacial score (nSPS) is 15.8. The number of aromatic nitrogens is 2. The summed E-state index contributed by atoms with van der Waals surface area (Å²) in [6.45, 7) is 6.62. The molecule has 1 heterocycles. The van der Waals surface area contributed by atoms with Crippen LogP contribution in [0.3, 0.4) is 0 Å². The molecule has 0 atom stereocenters. The summed E-state index contributed by atoms with van der Waals surface area (Å²) in [6.07, 6.45) is 4.55. The monoisotopic (exact) mass is 270 g/mol. The standard InChI is InChI=1S/C13H19ClN2S/c1-13(2,3)17-8-11-15-10-7-5-4-6-9(10)12(14)16-11/h4-8H2,1-3H3. The maximum atomic E-state index is 6.24. The van der Waals surface area contributed by atoms with E-state index in [1.54, 1.807) is 0 Å². The maximum Gasteiger partial charge on any atom is 0.140 e. The Hall–Kier alpha value is -0.280. The first-order valence-corrected chi connectivity index (χ1v) is 7.50. The van der Waals surface area contributed by atoms with Crippen LogP contribution in [-0.4, -0.2) is 14.7 Å². The first kappa shape index (κ1) is 13.2. The van der Waals surface area contributed by atoms with Crippen LogP contribution in [0.25, 0.3) is 0 Å². The number of halogens is 1. The number of thioether (sulfide) groups is 1. The third-order valence-corrected chi connectivity index (χ3v) is 4.39. The number of rotatable bonds is 2. The average molecular weight is 271 g/mol. The molecule has 2 nitrogen and oxygen atoms in total. The van der Waals surface area contributed by atoms with Gasteiger partial charge in [0.25, 0.3) is 0 Å². The Morgan fingerprint density at radius 2 is 1.88 bits per heavy atom. The molecular formula is C13H19ClN2S. The fraction of sp³-hybridized carbons (Fsp3) is 0.692. The molecule has 1 aromatic rings. The number of fused-ring (bicyclic) bond motifs is 1. The van der Waals surface area contributed by atoms with Crippen molar-refractivity contribution in [1.29, 1.82) is 0 Å². The van der Waals surface area contributed by atoms with Crippen LogP contribution in [0, 0.1) is 0 Å². The molecule has 4 heteroatoms. The molecule has 0 amide bonds. The van der Waals surface area contributed by atoms with Gasteiger partial charge < -0.3 is 0 Å². The summed E-state index contributed by atoms with van der Waals surface area (Å²) >= 11 is 8.10. The minimum absolute atomic E-state index is 0.242. The van der Waals surface area contributed by atoms with Crippen LogP contribution in [0.4, 0.5) is 0 Å². The molecule has 0 saturated carbocycles. The Balaban J connectivity index is 2.16. The number of aryl methyl sites for hydroxylation is 1. The summed E-state index contributed by atoms with van der Waals surface area (Å²) in [6, 6.07) is 0. The molecule has 0 spiro atoms. The van der Waals surface area contributed by atoms with E-state index < -0.39 is 0 Å². The highest BCUT2D eigenvalue weighted by Crippen LogP contribution is 2.29. The summed E-state index contributed by atoms with van der Waals surface area (Å²) in [5.74, 6) is 1.73. The lowest BCUT2D eigenvalue weighted by molar-refractivity contribution is 0.657. The molecule has 0 saturated heterocycles. The summed E-state index contributed by atoms with van der Waals surface area (Å²) in [7, 11) is 0. The second-order valence-corrected chi connectivity index (χ2v) is 7.62. The van der Waals surface area contributed by atoms with Crippen LogP contribution >= 0.6 is 23.4 Å². The Bertz CT molecular complexity index is 413. The van der Waals surface area contributed by atoms with E-state index in [1.165, 1.54) is 24.1 Å². The van der Waals surface area contributed by atoms with Gasteiger partial charge in [-0.1, -0.05) is 32.4 Å². The zero-order valence-electron chi connectivity index (χ0n) is 10.7. The zero-order valence-corrected chi connectivity index (χ0v) is 12.3. The van der Waals surface area contributed by atoms with Gasteiger partial charge in [0.2, 0.25) is 0 Å². The van der Waals surface area contributed by atoms with Gasteiger partial charge in [-0.2, -0.15) is 0 Å². The molecule has 1 aliphatic carbocycles. The summed E-state index contributed by atoms with van der Waals surface area (Å²) in [5, 5.41) is 0.680. The van der Waals surface area contributed by atoms with Crippen LogP contribution < -0.4 is 0 Å². The van der Waals surface area contributed by atoms with Gasteiger partial charge >= 0.3 is 0 Å². The van der Waals surface area contributed by atoms with Crippen molar-refractivity contribution < 1.29 is 0 Å². The van der Waals surface area contributed by atoms with Crippen LogP contribution in [0.15, 0.2) is 0 Å². The highest BCUT2D eigenvalue weighted by atomic mass is 35.5. The number of hydrogen-bond acceptors (Lipinski definition) is 3. The third-order valence-electron chi connectivity index (χ3n) is 2.81. The molecule has 0 radical (unpaired) electrons. The lowest BCUT2D eigenvalue weighted by Crippen LogP contribution is -2.12. The molecule has 0 unspecified atom stereocenters. The van der Waals surface area contributed by atoms with E-state index in [9.17, 15) is 0 Å². The van der Waals surface area contributed by atoms with Gasteiger partial charge in [-0.15, -0.1) is 11.8 Å². The topological polar surface area (TPSA) is 25.8 Å². The Kier molecular flexibility index (Phi) is 3.99. The van der Waals surface area contributed by atoms with Gasteiger partial charge in [0.1, 0.15) is 11.0 Å². The Morgan fingerprint density at radius 3 is 2.59 bits per heavy atom. The average Bonchev–Trinajstić information content (AvgIpc) is 2.26. The van der Waals surface area contributed by atoms with E-state index in [0.29, 0.717) is 5.15 Å². The Morgan fingerprint density at radius 1 is 1.18 bits per heavy atom. The second kappa shape index (κ2) is 5.15. The molecular weight excluding hydrogens is 252 g/mol. The maximum absolute atomic E-state index is 6.24. The van der Waals surface area contributed by atoms with E-state index in [2.05, 4.69) is 30.7 Å². The predicted molar refractivity (Wildman–Crippen MR) is 74.7 cm³/mol. The van der Waals surface area contributed by atoms with Gasteiger partial charge in [0.05, 0.1) is 5.75 Å². The van der Waals surface area contributed by atoms with Crippen molar-refractivity contribution in [1.82, 2.24) is 9.97 Å². The second-order valence-electron chi connectivity index (χ2n) is 5.46. The van der Waals surface area contributed by atoms with Gasteiger partial charge in [0.15, 0.2) is 0 Å². The van der Waals surface area contributed by atoms with Crippen molar-refractivity contribution in [3.8, 4) is 0 Å². The number of hydrogen-bond donors (Lipinski definition) is 0. The fourth-order valence-electron chi connectivity index (χ4n) is 1.94. The minimum atomic E-state index is 0.242. The largest absolute Gasteiger partial charge is 0.237 e. The first-order chi connectivity index (χ1) is 7.96. The highest BCUT2D eigenvalue weighted by Gasteiger charge is 2.18. The molecule has 1 aliphatic rings. The van der Waals surface area contributed by atoms with Gasteiger partial charge in [-0.3, -0.25) is 0 Å². The van der Waals surface area contributed by atoms with Crippen molar-refractivity contribution >= 4 is 23.4 Å². The van der Waals surface area contributed by atoms with Crippen LogP contribution in [0.1, 0.15) is 50.7 Å². The zero-order chi connectivity index (χ0) is 12.5. The smallest absolute Gasteiger partial charge is 0.140 e. The van der Waals surface area contributed by atoms with Crippen molar-refractivity contribution in [2.75, 3.05) is 0 Å². The van der Waals surface area contributed by atoms with Crippen LogP contribution in [0.5, 0.6) is 0 Å². The molecule has 2 rings (SSSR count). The molecule has 0 fully saturated rings. The third kappa shape index (κ3) is 3.59. The Labute approximate surface area is 113 Å². The molecule has 1 aromatic heterocycles. The fourth-order valence-corrected chi connectivity index (χ4v) is 2.93. The molecule has 0 aromatic carbocycles. The van der Waals surface area contributed by atoms with E-state index >= 15 is 0 Å². The van der Waals surface area contributed by atoms with Gasteiger partial charge in [-0.25, -0.2) is 9.97 Å². The van der Waals surface area contributed by atoms with Gasteiger partial charge in [-0.05, 0) is 25.7 Å². The van der Waals surface area contributed by atoms with E-state index in [1.807, 2.05) is 11.8 Å². The molecule has 17 heavy (non-hydrogen) atoms. The summed E-state index contributed by atoms with van der Waals surface area (Å²) in [5.41, 5.74) is 2.36. The number of nitrogens with zero attached hydrogens (tertiary/aromatic N) is 2. The molecule has 0 aliphatic heterocycles. The molecule has 94 valence electrons. The van der Waals surface area contributed by atoms with E-state index in [0.717, 1.165) is 24.4 Å². The summed E-state index contributed by atoms with van der Waals surface area (Å²) < 4.78 is 0.242. The van der Waals surface area contributed by atoms with Crippen molar-refractivity contribution in [2.45, 2.75) is 57.0 Å². The predicted octanol–water partition coefficient (Wildman–Crippen LogP) is 4.04. The first-order valence-electron chi connectivity index (χ1n) is 6.14. The SMILES string of the molecule is CC(C)(C)SCc1nc(Cl)c2c(n1)CCCC2. The van der Waals surface area contributed by atoms with E-state index in [4.69, 9.17) is 11.6 Å².